The number of nitrogens with one attached hydrogen (secondary N) is 1. The minimum absolute atomic E-state index is 0.0216. The van der Waals surface area contributed by atoms with Crippen molar-refractivity contribution in [1.82, 2.24) is 14.8 Å². The SMILES string of the molecule is CCc1cc(C(=O)OC)c(NC(=O)CSc2nnc(C(C)Oc3ccc(F)cc3F)n2C)s1. The molecule has 176 valence electrons. The van der Waals surface area contributed by atoms with Crippen LogP contribution in [0.3, 0.4) is 0 Å². The topological polar surface area (TPSA) is 95.3 Å². The van der Waals surface area contributed by atoms with E-state index in [-0.39, 0.29) is 17.4 Å². The zero-order valence-corrected chi connectivity index (χ0v) is 20.0. The summed E-state index contributed by atoms with van der Waals surface area (Å²) in [6, 6.07) is 4.75. The zero-order valence-electron chi connectivity index (χ0n) is 18.3. The van der Waals surface area contributed by atoms with Gasteiger partial charge in [0.25, 0.3) is 0 Å². The van der Waals surface area contributed by atoms with Gasteiger partial charge >= 0.3 is 5.97 Å². The number of amides is 1. The Morgan fingerprint density at radius 3 is 2.70 bits per heavy atom. The predicted octanol–water partition coefficient (Wildman–Crippen LogP) is 4.37. The first-order valence-corrected chi connectivity index (χ1v) is 11.7. The molecule has 33 heavy (non-hydrogen) atoms. The van der Waals surface area contributed by atoms with Gasteiger partial charge in [-0.05, 0) is 31.5 Å². The summed E-state index contributed by atoms with van der Waals surface area (Å²) in [7, 11) is 2.98. The third-order valence-corrected chi connectivity index (χ3v) is 6.77. The third-order valence-electron chi connectivity index (χ3n) is 4.55. The Morgan fingerprint density at radius 2 is 2.03 bits per heavy atom. The number of methoxy groups -OCH3 is 1. The molecule has 0 aliphatic heterocycles. The Hall–Kier alpha value is -2.99. The van der Waals surface area contributed by atoms with E-state index in [0.717, 1.165) is 35.2 Å². The van der Waals surface area contributed by atoms with E-state index in [0.29, 0.717) is 21.5 Å². The molecule has 0 bridgehead atoms. The molecule has 0 saturated carbocycles. The summed E-state index contributed by atoms with van der Waals surface area (Å²) >= 11 is 2.46. The van der Waals surface area contributed by atoms with E-state index in [1.54, 1.807) is 24.6 Å². The van der Waals surface area contributed by atoms with Crippen LogP contribution in [0.2, 0.25) is 0 Å². The smallest absolute Gasteiger partial charge is 0.340 e. The number of halogens is 2. The second-order valence-corrected chi connectivity index (χ2v) is 8.95. The highest BCUT2D eigenvalue weighted by Crippen LogP contribution is 2.30. The molecule has 3 aromatic rings. The number of anilines is 1. The highest BCUT2D eigenvalue weighted by Gasteiger charge is 2.21. The number of aromatic nitrogens is 3. The van der Waals surface area contributed by atoms with Gasteiger partial charge < -0.3 is 19.4 Å². The predicted molar refractivity (Wildman–Crippen MR) is 121 cm³/mol. The van der Waals surface area contributed by atoms with Gasteiger partial charge in [-0.25, -0.2) is 13.6 Å². The molecule has 12 heteroatoms. The number of thioether (sulfide) groups is 1. The van der Waals surface area contributed by atoms with Crippen molar-refractivity contribution in [3.05, 3.63) is 52.2 Å². The number of carbonyl (C=O) groups is 2. The maximum Gasteiger partial charge on any atom is 0.340 e. The molecule has 1 amide bonds. The van der Waals surface area contributed by atoms with Gasteiger partial charge in [0.05, 0.1) is 18.4 Å². The second-order valence-electron chi connectivity index (χ2n) is 6.87. The van der Waals surface area contributed by atoms with Crippen LogP contribution in [0.1, 0.15) is 41.0 Å². The van der Waals surface area contributed by atoms with Crippen molar-refractivity contribution in [3.63, 3.8) is 0 Å². The van der Waals surface area contributed by atoms with Crippen LogP contribution in [0.4, 0.5) is 13.8 Å². The Balaban J connectivity index is 1.63. The zero-order chi connectivity index (χ0) is 24.1. The highest BCUT2D eigenvalue weighted by molar-refractivity contribution is 7.99. The number of ether oxygens (including phenoxy) is 2. The lowest BCUT2D eigenvalue weighted by atomic mass is 10.2. The number of rotatable bonds is 9. The van der Waals surface area contributed by atoms with Crippen LogP contribution in [0.5, 0.6) is 5.75 Å². The van der Waals surface area contributed by atoms with E-state index >= 15 is 0 Å². The molecular formula is C21H22F2N4O4S2. The number of carbonyl (C=O) groups excluding carboxylic acids is 2. The van der Waals surface area contributed by atoms with Gasteiger partial charge in [0.2, 0.25) is 5.91 Å². The lowest BCUT2D eigenvalue weighted by Crippen LogP contribution is -2.16. The molecule has 3 rings (SSSR count). The van der Waals surface area contributed by atoms with Crippen LogP contribution in [-0.4, -0.2) is 39.5 Å². The van der Waals surface area contributed by atoms with E-state index in [1.165, 1.54) is 24.5 Å². The molecule has 1 atom stereocenters. The van der Waals surface area contributed by atoms with Crippen molar-refractivity contribution >= 4 is 40.0 Å². The number of hydrogen-bond acceptors (Lipinski definition) is 8. The summed E-state index contributed by atoms with van der Waals surface area (Å²) in [4.78, 5) is 25.4. The number of aryl methyl sites for hydroxylation is 1. The van der Waals surface area contributed by atoms with Crippen molar-refractivity contribution in [3.8, 4) is 5.75 Å². The van der Waals surface area contributed by atoms with Crippen LogP contribution in [-0.2, 0) is 23.0 Å². The molecule has 1 aromatic carbocycles. The molecule has 2 heterocycles. The summed E-state index contributed by atoms with van der Waals surface area (Å²) in [5.74, 6) is -2.04. The van der Waals surface area contributed by atoms with Gasteiger partial charge in [-0.3, -0.25) is 4.79 Å². The Labute approximate surface area is 197 Å². The summed E-state index contributed by atoms with van der Waals surface area (Å²) in [5.41, 5.74) is 0.317. The standard InChI is InChI=1S/C21H22F2N4O4S2/c1-5-13-9-14(20(29)30-4)19(33-13)24-17(28)10-32-21-26-25-18(27(21)3)11(2)31-16-7-6-12(22)8-15(16)23/h6-9,11H,5,10H2,1-4H3,(H,24,28). The number of hydrogen-bond donors (Lipinski definition) is 1. The lowest BCUT2D eigenvalue weighted by Gasteiger charge is -2.14. The summed E-state index contributed by atoms with van der Waals surface area (Å²) in [5, 5.41) is 11.8. The second kappa shape index (κ2) is 10.8. The minimum atomic E-state index is -0.818. The highest BCUT2D eigenvalue weighted by atomic mass is 32.2. The third kappa shape index (κ3) is 5.88. The molecule has 0 fully saturated rings. The summed E-state index contributed by atoms with van der Waals surface area (Å²) < 4.78 is 38.9. The van der Waals surface area contributed by atoms with Crippen molar-refractivity contribution in [2.24, 2.45) is 7.05 Å². The summed E-state index contributed by atoms with van der Waals surface area (Å²) in [6.07, 6.45) is 0.0510. The molecule has 2 aromatic heterocycles. The van der Waals surface area contributed by atoms with Crippen molar-refractivity contribution in [2.45, 2.75) is 31.5 Å². The number of nitrogens with zero attached hydrogens (tertiary/aromatic N) is 3. The van der Waals surface area contributed by atoms with Crippen LogP contribution in [0.25, 0.3) is 0 Å². The fraction of sp³-hybridized carbons (Fsp3) is 0.333. The van der Waals surface area contributed by atoms with Gasteiger partial charge in [0.1, 0.15) is 10.8 Å². The van der Waals surface area contributed by atoms with Gasteiger partial charge in [0, 0.05) is 18.0 Å². The van der Waals surface area contributed by atoms with Gasteiger partial charge in [-0.15, -0.1) is 21.5 Å². The summed E-state index contributed by atoms with van der Waals surface area (Å²) in [6.45, 7) is 3.61. The molecule has 0 spiro atoms. The number of esters is 1. The maximum absolute atomic E-state index is 13.9. The molecule has 8 nitrogen and oxygen atoms in total. The fourth-order valence-electron chi connectivity index (χ4n) is 2.88. The molecule has 0 saturated heterocycles. The molecule has 0 aliphatic rings. The van der Waals surface area contributed by atoms with Gasteiger partial charge in [0.15, 0.2) is 28.7 Å². The van der Waals surface area contributed by atoms with Gasteiger partial charge in [-0.2, -0.15) is 0 Å². The van der Waals surface area contributed by atoms with Crippen LogP contribution in [0.15, 0.2) is 29.4 Å². The Morgan fingerprint density at radius 1 is 1.27 bits per heavy atom. The van der Waals surface area contributed by atoms with E-state index in [1.807, 2.05) is 6.92 Å². The van der Waals surface area contributed by atoms with E-state index in [2.05, 4.69) is 15.5 Å². The van der Waals surface area contributed by atoms with Crippen molar-refractivity contribution < 1.29 is 27.8 Å². The average molecular weight is 497 g/mol. The first-order valence-electron chi connectivity index (χ1n) is 9.88. The average Bonchev–Trinajstić information content (AvgIpc) is 3.36. The fourth-order valence-corrected chi connectivity index (χ4v) is 4.60. The van der Waals surface area contributed by atoms with Crippen LogP contribution < -0.4 is 10.1 Å². The maximum atomic E-state index is 13.9. The Bertz CT molecular complexity index is 1170. The number of benzene rings is 1. The molecule has 1 N–H and O–H groups in total. The van der Waals surface area contributed by atoms with E-state index in [9.17, 15) is 18.4 Å². The first-order chi connectivity index (χ1) is 15.7. The number of thiophene rings is 1. The van der Waals surface area contributed by atoms with E-state index < -0.39 is 23.7 Å². The molecule has 0 aliphatic carbocycles. The largest absolute Gasteiger partial charge is 0.480 e. The molecule has 0 radical (unpaired) electrons. The Kier molecular flexibility index (Phi) is 8.03. The monoisotopic (exact) mass is 496 g/mol. The molecule has 1 unspecified atom stereocenters. The molecular weight excluding hydrogens is 474 g/mol. The van der Waals surface area contributed by atoms with Crippen LogP contribution in [0, 0.1) is 11.6 Å². The lowest BCUT2D eigenvalue weighted by molar-refractivity contribution is -0.113. The first kappa shape index (κ1) is 24.6. The van der Waals surface area contributed by atoms with Gasteiger partial charge in [-0.1, -0.05) is 18.7 Å². The van der Waals surface area contributed by atoms with Crippen LogP contribution >= 0.6 is 23.1 Å². The minimum Gasteiger partial charge on any atom is -0.480 e. The van der Waals surface area contributed by atoms with Crippen molar-refractivity contribution in [1.29, 1.82) is 0 Å². The quantitative estimate of drug-likeness (QED) is 0.347. The van der Waals surface area contributed by atoms with Crippen molar-refractivity contribution in [2.75, 3.05) is 18.2 Å². The van der Waals surface area contributed by atoms with E-state index in [4.69, 9.17) is 9.47 Å². The normalized spacial score (nSPS) is 11.8.